The summed E-state index contributed by atoms with van der Waals surface area (Å²) in [5.41, 5.74) is 0.999. The molecule has 4 rings (SSSR count). The lowest BCUT2D eigenvalue weighted by Crippen LogP contribution is -2.43. The zero-order chi connectivity index (χ0) is 16.8. The molecule has 1 aromatic carbocycles. The Balaban J connectivity index is 1.65. The Kier molecular flexibility index (Phi) is 4.01. The molecule has 2 amide bonds. The first kappa shape index (κ1) is 15.9. The summed E-state index contributed by atoms with van der Waals surface area (Å²) in [6.07, 6.45) is 4.12. The number of rotatable bonds is 2. The van der Waals surface area contributed by atoms with Crippen molar-refractivity contribution in [2.45, 2.75) is 44.2 Å². The van der Waals surface area contributed by atoms with Gasteiger partial charge in [-0.05, 0) is 25.0 Å². The van der Waals surface area contributed by atoms with E-state index in [9.17, 15) is 9.59 Å². The largest absolute Gasteiger partial charge is 0.381 e. The van der Waals surface area contributed by atoms with E-state index in [4.69, 9.17) is 28.0 Å². The van der Waals surface area contributed by atoms with Crippen LogP contribution in [0.4, 0.5) is 0 Å². The molecule has 1 aliphatic carbocycles. The Bertz CT molecular complexity index is 743. The molecule has 2 atom stereocenters. The minimum atomic E-state index is -0.860. The highest BCUT2D eigenvalue weighted by Gasteiger charge is 2.57. The SMILES string of the molecule is O=C1[C@@H]2C(c3ccc(Cl)cc3Cl)=NO[C@@H]2C(=O)N1C1CCCCC1. The predicted octanol–water partition coefficient (Wildman–Crippen LogP) is 3.41. The van der Waals surface area contributed by atoms with Gasteiger partial charge >= 0.3 is 0 Å². The molecule has 1 saturated heterocycles. The molecule has 0 unspecified atom stereocenters. The molecule has 1 aromatic rings. The molecule has 0 N–H and O–H groups in total. The number of hydrogen-bond donors (Lipinski definition) is 0. The Labute approximate surface area is 149 Å². The lowest BCUT2D eigenvalue weighted by atomic mass is 9.93. The fourth-order valence-corrected chi connectivity index (χ4v) is 4.32. The van der Waals surface area contributed by atoms with Gasteiger partial charge in [-0.3, -0.25) is 14.5 Å². The summed E-state index contributed by atoms with van der Waals surface area (Å²) in [5, 5.41) is 4.87. The van der Waals surface area contributed by atoms with E-state index < -0.39 is 12.0 Å². The quantitative estimate of drug-likeness (QED) is 0.753. The Morgan fingerprint density at radius 2 is 1.83 bits per heavy atom. The summed E-state index contributed by atoms with van der Waals surface area (Å²) in [5.74, 6) is -1.21. The van der Waals surface area contributed by atoms with Crippen molar-refractivity contribution in [3.05, 3.63) is 33.8 Å². The van der Waals surface area contributed by atoms with Crippen molar-refractivity contribution >= 4 is 40.7 Å². The third kappa shape index (κ3) is 2.42. The van der Waals surface area contributed by atoms with Crippen LogP contribution in [-0.4, -0.2) is 34.6 Å². The summed E-state index contributed by atoms with van der Waals surface area (Å²) in [4.78, 5) is 32.3. The molecule has 24 heavy (non-hydrogen) atoms. The van der Waals surface area contributed by atoms with Gasteiger partial charge in [-0.15, -0.1) is 0 Å². The van der Waals surface area contributed by atoms with Crippen LogP contribution in [0.3, 0.4) is 0 Å². The van der Waals surface area contributed by atoms with Gasteiger partial charge in [0.2, 0.25) is 12.0 Å². The lowest BCUT2D eigenvalue weighted by Gasteiger charge is -2.29. The van der Waals surface area contributed by atoms with E-state index in [0.717, 1.165) is 32.1 Å². The Morgan fingerprint density at radius 1 is 1.08 bits per heavy atom. The third-order valence-electron chi connectivity index (χ3n) is 4.99. The zero-order valence-corrected chi connectivity index (χ0v) is 14.4. The standard InChI is InChI=1S/C17H16Cl2N2O3/c18-9-6-7-11(12(19)8-9)14-13-15(24-20-14)17(23)21(16(13)22)10-4-2-1-3-5-10/h6-8,10,13,15H,1-5H2/t13-,15+/m1/s1. The minimum Gasteiger partial charge on any atom is -0.381 e. The number of carbonyl (C=O) groups excluding carboxylic acids is 2. The zero-order valence-electron chi connectivity index (χ0n) is 12.9. The van der Waals surface area contributed by atoms with E-state index in [2.05, 4.69) is 5.16 Å². The Morgan fingerprint density at radius 3 is 2.54 bits per heavy atom. The maximum absolute atomic E-state index is 12.9. The molecule has 0 aromatic heterocycles. The van der Waals surface area contributed by atoms with Gasteiger partial charge in [0.25, 0.3) is 5.91 Å². The smallest absolute Gasteiger partial charge is 0.274 e. The first-order chi connectivity index (χ1) is 11.6. The first-order valence-corrected chi connectivity index (χ1v) is 8.89. The van der Waals surface area contributed by atoms with E-state index in [0.29, 0.717) is 21.3 Å². The number of likely N-dealkylation sites (tertiary alicyclic amines) is 1. The van der Waals surface area contributed by atoms with Crippen LogP contribution in [-0.2, 0) is 14.4 Å². The summed E-state index contributed by atoms with van der Waals surface area (Å²) in [7, 11) is 0. The van der Waals surface area contributed by atoms with E-state index in [1.54, 1.807) is 18.2 Å². The van der Waals surface area contributed by atoms with Gasteiger partial charge in [0.1, 0.15) is 11.6 Å². The number of hydrogen-bond acceptors (Lipinski definition) is 4. The van der Waals surface area contributed by atoms with Crippen molar-refractivity contribution in [2.24, 2.45) is 11.1 Å². The molecule has 1 saturated carbocycles. The molecule has 0 bridgehead atoms. The number of amides is 2. The lowest BCUT2D eigenvalue weighted by molar-refractivity contribution is -0.145. The summed E-state index contributed by atoms with van der Waals surface area (Å²) in [6.45, 7) is 0. The summed E-state index contributed by atoms with van der Waals surface area (Å²) >= 11 is 12.2. The van der Waals surface area contributed by atoms with E-state index >= 15 is 0 Å². The molecule has 2 fully saturated rings. The molecular formula is C17H16Cl2N2O3. The van der Waals surface area contributed by atoms with Gasteiger partial charge < -0.3 is 4.84 Å². The molecule has 5 nitrogen and oxygen atoms in total. The van der Waals surface area contributed by atoms with Crippen LogP contribution in [0, 0.1) is 5.92 Å². The average Bonchev–Trinajstić information content (AvgIpc) is 3.09. The van der Waals surface area contributed by atoms with Crippen LogP contribution in [0.15, 0.2) is 23.4 Å². The van der Waals surface area contributed by atoms with Crippen molar-refractivity contribution < 1.29 is 14.4 Å². The number of imide groups is 1. The van der Waals surface area contributed by atoms with Gasteiger partial charge in [-0.2, -0.15) is 0 Å². The van der Waals surface area contributed by atoms with Gasteiger partial charge in [-0.1, -0.05) is 53.7 Å². The molecule has 2 aliphatic heterocycles. The van der Waals surface area contributed by atoms with Crippen molar-refractivity contribution in [1.82, 2.24) is 4.90 Å². The first-order valence-electron chi connectivity index (χ1n) is 8.14. The van der Waals surface area contributed by atoms with Crippen molar-refractivity contribution in [1.29, 1.82) is 0 Å². The second kappa shape index (κ2) is 6.05. The van der Waals surface area contributed by atoms with Crippen LogP contribution in [0.25, 0.3) is 0 Å². The summed E-state index contributed by atoms with van der Waals surface area (Å²) < 4.78 is 0. The molecule has 3 aliphatic rings. The number of halogens is 2. The topological polar surface area (TPSA) is 59.0 Å². The molecule has 126 valence electrons. The second-order valence-electron chi connectivity index (χ2n) is 6.44. The highest BCUT2D eigenvalue weighted by Crippen LogP contribution is 2.37. The van der Waals surface area contributed by atoms with Crippen LogP contribution < -0.4 is 0 Å². The fraction of sp³-hybridized carbons (Fsp3) is 0.471. The van der Waals surface area contributed by atoms with E-state index in [-0.39, 0.29) is 17.9 Å². The van der Waals surface area contributed by atoms with E-state index in [1.807, 2.05) is 0 Å². The third-order valence-corrected chi connectivity index (χ3v) is 5.54. The molecule has 2 heterocycles. The Hall–Kier alpha value is -1.59. The fourth-order valence-electron chi connectivity index (χ4n) is 3.82. The minimum absolute atomic E-state index is 0.0186. The van der Waals surface area contributed by atoms with E-state index in [1.165, 1.54) is 4.90 Å². The van der Waals surface area contributed by atoms with Crippen LogP contribution >= 0.6 is 23.2 Å². The predicted molar refractivity (Wildman–Crippen MR) is 90.1 cm³/mol. The molecule has 7 heteroatoms. The summed E-state index contributed by atoms with van der Waals surface area (Å²) in [6, 6.07) is 4.96. The van der Waals surface area contributed by atoms with Crippen LogP contribution in [0.5, 0.6) is 0 Å². The molecular weight excluding hydrogens is 351 g/mol. The van der Waals surface area contributed by atoms with Crippen molar-refractivity contribution in [2.75, 3.05) is 0 Å². The van der Waals surface area contributed by atoms with Crippen LogP contribution in [0.1, 0.15) is 37.7 Å². The second-order valence-corrected chi connectivity index (χ2v) is 7.29. The highest BCUT2D eigenvalue weighted by molar-refractivity contribution is 6.38. The van der Waals surface area contributed by atoms with Gasteiger partial charge in [0.05, 0.1) is 5.02 Å². The number of oxime groups is 1. The van der Waals surface area contributed by atoms with Crippen molar-refractivity contribution in [3.63, 3.8) is 0 Å². The van der Waals surface area contributed by atoms with Gasteiger partial charge in [0, 0.05) is 16.6 Å². The molecule has 0 spiro atoms. The maximum atomic E-state index is 12.9. The van der Waals surface area contributed by atoms with Crippen LogP contribution in [0.2, 0.25) is 10.0 Å². The van der Waals surface area contributed by atoms with Gasteiger partial charge in [0.15, 0.2) is 0 Å². The monoisotopic (exact) mass is 366 g/mol. The van der Waals surface area contributed by atoms with Crippen molar-refractivity contribution in [3.8, 4) is 0 Å². The highest BCUT2D eigenvalue weighted by atomic mass is 35.5. The normalized spacial score (nSPS) is 27.2. The number of carbonyl (C=O) groups is 2. The number of fused-ring (bicyclic) bond motifs is 1. The number of benzene rings is 1. The van der Waals surface area contributed by atoms with Gasteiger partial charge in [-0.25, -0.2) is 0 Å². The maximum Gasteiger partial charge on any atom is 0.274 e. The average molecular weight is 367 g/mol. The molecule has 0 radical (unpaired) electrons. The number of nitrogens with zero attached hydrogens (tertiary/aromatic N) is 2.